The molecular formula is C15H22N2O4S. The van der Waals surface area contributed by atoms with E-state index in [4.69, 9.17) is 15.2 Å². The van der Waals surface area contributed by atoms with Crippen molar-refractivity contribution in [2.75, 3.05) is 26.4 Å². The van der Waals surface area contributed by atoms with E-state index in [1.807, 2.05) is 0 Å². The molecule has 0 aliphatic carbocycles. The van der Waals surface area contributed by atoms with E-state index in [0.717, 1.165) is 19.3 Å². The zero-order chi connectivity index (χ0) is 15.7. The maximum atomic E-state index is 13.0. The van der Waals surface area contributed by atoms with Gasteiger partial charge in [0.2, 0.25) is 16.8 Å². The SMILES string of the molecule is Cc1cc2c(cc1S(=O)(=O)N1CCCC(CCN)C1)OCO2. The second-order valence-corrected chi connectivity index (χ2v) is 7.83. The van der Waals surface area contributed by atoms with Crippen LogP contribution in [0.4, 0.5) is 0 Å². The lowest BCUT2D eigenvalue weighted by molar-refractivity contribution is 0.174. The molecule has 1 aromatic rings. The van der Waals surface area contributed by atoms with Crippen molar-refractivity contribution in [3.8, 4) is 11.5 Å². The van der Waals surface area contributed by atoms with E-state index in [0.29, 0.717) is 47.5 Å². The Labute approximate surface area is 131 Å². The van der Waals surface area contributed by atoms with Crippen LogP contribution in [0.15, 0.2) is 17.0 Å². The molecule has 6 nitrogen and oxygen atoms in total. The molecule has 0 bridgehead atoms. The minimum Gasteiger partial charge on any atom is -0.454 e. The number of sulfonamides is 1. The number of fused-ring (bicyclic) bond motifs is 1. The van der Waals surface area contributed by atoms with Crippen molar-refractivity contribution in [3.05, 3.63) is 17.7 Å². The molecule has 0 saturated carbocycles. The van der Waals surface area contributed by atoms with Crippen molar-refractivity contribution in [1.82, 2.24) is 4.31 Å². The molecule has 122 valence electrons. The summed E-state index contributed by atoms with van der Waals surface area (Å²) in [4.78, 5) is 0.310. The molecule has 0 amide bonds. The van der Waals surface area contributed by atoms with Crippen LogP contribution in [0.1, 0.15) is 24.8 Å². The molecule has 2 heterocycles. The zero-order valence-corrected chi connectivity index (χ0v) is 13.6. The summed E-state index contributed by atoms with van der Waals surface area (Å²) in [5.41, 5.74) is 6.30. The molecule has 3 rings (SSSR count). The molecule has 0 spiro atoms. The third-order valence-corrected chi connectivity index (χ3v) is 6.35. The fraction of sp³-hybridized carbons (Fsp3) is 0.600. The van der Waals surface area contributed by atoms with Gasteiger partial charge in [0, 0.05) is 19.2 Å². The summed E-state index contributed by atoms with van der Waals surface area (Å²) in [5, 5.41) is 0. The van der Waals surface area contributed by atoms with E-state index in [1.165, 1.54) is 0 Å². The van der Waals surface area contributed by atoms with Gasteiger partial charge in [-0.1, -0.05) is 0 Å². The third-order valence-electron chi connectivity index (χ3n) is 4.34. The molecule has 0 radical (unpaired) electrons. The summed E-state index contributed by atoms with van der Waals surface area (Å²) >= 11 is 0. The summed E-state index contributed by atoms with van der Waals surface area (Å²) in [6.07, 6.45) is 2.79. The molecule has 1 saturated heterocycles. The topological polar surface area (TPSA) is 81.9 Å². The zero-order valence-electron chi connectivity index (χ0n) is 12.7. The Balaban J connectivity index is 1.89. The van der Waals surface area contributed by atoms with Gasteiger partial charge in [-0.25, -0.2) is 8.42 Å². The molecule has 0 aromatic heterocycles. The lowest BCUT2D eigenvalue weighted by Gasteiger charge is -2.32. The molecule has 1 fully saturated rings. The second-order valence-electron chi connectivity index (χ2n) is 5.92. The second kappa shape index (κ2) is 6.06. The summed E-state index contributed by atoms with van der Waals surface area (Å²) < 4.78 is 38.1. The first-order valence-corrected chi connectivity index (χ1v) is 9.07. The van der Waals surface area contributed by atoms with E-state index in [-0.39, 0.29) is 6.79 Å². The molecule has 1 unspecified atom stereocenters. The number of rotatable bonds is 4. The predicted octanol–water partition coefficient (Wildman–Crippen LogP) is 1.47. The Morgan fingerprint density at radius 3 is 2.77 bits per heavy atom. The first kappa shape index (κ1) is 15.6. The number of nitrogens with zero attached hydrogens (tertiary/aromatic N) is 1. The number of ether oxygens (including phenoxy) is 2. The van der Waals surface area contributed by atoms with Gasteiger partial charge in [0.1, 0.15) is 0 Å². The van der Waals surface area contributed by atoms with Gasteiger partial charge in [0.15, 0.2) is 11.5 Å². The van der Waals surface area contributed by atoms with Crippen molar-refractivity contribution in [2.45, 2.75) is 31.1 Å². The highest BCUT2D eigenvalue weighted by Gasteiger charge is 2.32. The summed E-state index contributed by atoms with van der Waals surface area (Å²) in [5.74, 6) is 1.46. The quantitative estimate of drug-likeness (QED) is 0.906. The lowest BCUT2D eigenvalue weighted by atomic mass is 9.96. The Morgan fingerprint density at radius 2 is 2.05 bits per heavy atom. The van der Waals surface area contributed by atoms with Gasteiger partial charge in [0.05, 0.1) is 4.90 Å². The number of piperidine rings is 1. The summed E-state index contributed by atoms with van der Waals surface area (Å²) in [7, 11) is -3.51. The highest BCUT2D eigenvalue weighted by molar-refractivity contribution is 7.89. The normalized spacial score (nSPS) is 22.0. The van der Waals surface area contributed by atoms with Gasteiger partial charge in [-0.3, -0.25) is 0 Å². The Bertz CT molecular complexity index is 658. The molecule has 2 aliphatic heterocycles. The molecule has 7 heteroatoms. The van der Waals surface area contributed by atoms with Crippen LogP contribution in [0, 0.1) is 12.8 Å². The van der Waals surface area contributed by atoms with Crippen molar-refractivity contribution >= 4 is 10.0 Å². The number of hydrogen-bond acceptors (Lipinski definition) is 5. The monoisotopic (exact) mass is 326 g/mol. The molecule has 1 aromatic carbocycles. The summed E-state index contributed by atoms with van der Waals surface area (Å²) in [6, 6.07) is 3.32. The number of nitrogens with two attached hydrogens (primary N) is 1. The molecule has 22 heavy (non-hydrogen) atoms. The minimum atomic E-state index is -3.51. The highest BCUT2D eigenvalue weighted by Crippen LogP contribution is 2.37. The average Bonchev–Trinajstić information content (AvgIpc) is 2.94. The van der Waals surface area contributed by atoms with Crippen molar-refractivity contribution in [2.24, 2.45) is 11.7 Å². The minimum absolute atomic E-state index is 0.139. The van der Waals surface area contributed by atoms with E-state index < -0.39 is 10.0 Å². The highest BCUT2D eigenvalue weighted by atomic mass is 32.2. The van der Waals surface area contributed by atoms with Gasteiger partial charge in [-0.15, -0.1) is 0 Å². The van der Waals surface area contributed by atoms with E-state index in [9.17, 15) is 8.42 Å². The summed E-state index contributed by atoms with van der Waals surface area (Å²) in [6.45, 7) is 3.64. The van der Waals surface area contributed by atoms with Crippen LogP contribution in [-0.2, 0) is 10.0 Å². The third kappa shape index (κ3) is 2.80. The smallest absolute Gasteiger partial charge is 0.243 e. The van der Waals surface area contributed by atoms with Gasteiger partial charge < -0.3 is 15.2 Å². The number of aryl methyl sites for hydroxylation is 1. The van der Waals surface area contributed by atoms with Crippen LogP contribution in [0.5, 0.6) is 11.5 Å². The van der Waals surface area contributed by atoms with Gasteiger partial charge in [-0.05, 0) is 50.3 Å². The van der Waals surface area contributed by atoms with Crippen LogP contribution in [0.2, 0.25) is 0 Å². The number of hydrogen-bond donors (Lipinski definition) is 1. The first-order chi connectivity index (χ1) is 10.5. The molecule has 1 atom stereocenters. The van der Waals surface area contributed by atoms with Crippen LogP contribution in [0.25, 0.3) is 0 Å². The number of benzene rings is 1. The fourth-order valence-corrected chi connectivity index (χ4v) is 4.93. The van der Waals surface area contributed by atoms with E-state index in [1.54, 1.807) is 23.4 Å². The van der Waals surface area contributed by atoms with Crippen LogP contribution in [0.3, 0.4) is 0 Å². The molecule has 2 N–H and O–H groups in total. The van der Waals surface area contributed by atoms with Crippen LogP contribution in [-0.4, -0.2) is 39.2 Å². The largest absolute Gasteiger partial charge is 0.454 e. The standard InChI is InChI=1S/C15H22N2O4S/c1-11-7-13-14(21-10-20-13)8-15(11)22(18,19)17-6-2-3-12(9-17)4-5-16/h7-8,12H,2-6,9-10,16H2,1H3. The van der Waals surface area contributed by atoms with Crippen molar-refractivity contribution in [3.63, 3.8) is 0 Å². The fourth-order valence-electron chi connectivity index (χ4n) is 3.16. The first-order valence-electron chi connectivity index (χ1n) is 7.63. The van der Waals surface area contributed by atoms with Gasteiger partial charge in [-0.2, -0.15) is 4.31 Å². The van der Waals surface area contributed by atoms with E-state index >= 15 is 0 Å². The van der Waals surface area contributed by atoms with Crippen LogP contribution >= 0.6 is 0 Å². The van der Waals surface area contributed by atoms with Crippen molar-refractivity contribution in [1.29, 1.82) is 0 Å². The maximum absolute atomic E-state index is 13.0. The Morgan fingerprint density at radius 1 is 1.32 bits per heavy atom. The lowest BCUT2D eigenvalue weighted by Crippen LogP contribution is -2.40. The average molecular weight is 326 g/mol. The maximum Gasteiger partial charge on any atom is 0.243 e. The Hall–Kier alpha value is -1.31. The van der Waals surface area contributed by atoms with Crippen molar-refractivity contribution < 1.29 is 17.9 Å². The van der Waals surface area contributed by atoms with Gasteiger partial charge in [0.25, 0.3) is 0 Å². The van der Waals surface area contributed by atoms with Gasteiger partial charge >= 0.3 is 0 Å². The van der Waals surface area contributed by atoms with E-state index in [2.05, 4.69) is 0 Å². The Kier molecular flexibility index (Phi) is 4.29. The molecular weight excluding hydrogens is 304 g/mol. The molecule has 2 aliphatic rings. The van der Waals surface area contributed by atoms with Crippen LogP contribution < -0.4 is 15.2 Å². The predicted molar refractivity (Wildman–Crippen MR) is 82.5 cm³/mol.